The maximum atomic E-state index is 11.0. The molecule has 2 rings (SSSR count). The van der Waals surface area contributed by atoms with Gasteiger partial charge in [-0.15, -0.1) is 5.10 Å². The minimum Gasteiger partial charge on any atom is -0.477 e. The molecule has 0 fully saturated rings. The molecule has 90 valence electrons. The van der Waals surface area contributed by atoms with E-state index >= 15 is 0 Å². The zero-order valence-corrected chi connectivity index (χ0v) is 10.5. The molecule has 7 heteroatoms. The van der Waals surface area contributed by atoms with Gasteiger partial charge < -0.3 is 9.67 Å². The third kappa shape index (κ3) is 2.94. The Morgan fingerprint density at radius 3 is 2.94 bits per heavy atom. The van der Waals surface area contributed by atoms with E-state index in [2.05, 4.69) is 26.2 Å². The Morgan fingerprint density at radius 1 is 1.47 bits per heavy atom. The maximum absolute atomic E-state index is 11.0. The number of hydrogen-bond acceptors (Lipinski definition) is 3. The molecule has 2 aromatic heterocycles. The number of aromatic nitrogens is 4. The number of aromatic carboxylic acids is 1. The molecule has 0 radical (unpaired) electrons. The average molecular weight is 299 g/mol. The fourth-order valence-electron chi connectivity index (χ4n) is 1.59. The third-order valence-corrected chi connectivity index (χ3v) is 2.77. The fraction of sp³-hybridized carbons (Fsp3) is 0.300. The second kappa shape index (κ2) is 5.13. The van der Waals surface area contributed by atoms with E-state index in [1.165, 1.54) is 0 Å². The topological polar surface area (TPSA) is 72.9 Å². The summed E-state index contributed by atoms with van der Waals surface area (Å²) in [5.41, 5.74) is 0.287. The highest BCUT2D eigenvalue weighted by Crippen LogP contribution is 2.15. The summed E-state index contributed by atoms with van der Waals surface area (Å²) < 4.78 is 4.21. The lowest BCUT2D eigenvalue weighted by Crippen LogP contribution is -2.10. The monoisotopic (exact) mass is 298 g/mol. The molecule has 0 aromatic carbocycles. The molecule has 0 atom stereocenters. The molecule has 0 saturated heterocycles. The van der Waals surface area contributed by atoms with Gasteiger partial charge in [-0.2, -0.15) is 0 Å². The highest BCUT2D eigenvalue weighted by atomic mass is 79.9. The Morgan fingerprint density at radius 2 is 2.29 bits per heavy atom. The molecular formula is C10H11BrN4O2. The molecule has 17 heavy (non-hydrogen) atoms. The molecule has 6 nitrogen and oxygen atoms in total. The quantitative estimate of drug-likeness (QED) is 0.910. The van der Waals surface area contributed by atoms with Crippen molar-refractivity contribution in [1.29, 1.82) is 0 Å². The Kier molecular flexibility index (Phi) is 3.58. The first-order valence-corrected chi connectivity index (χ1v) is 5.89. The van der Waals surface area contributed by atoms with Crippen molar-refractivity contribution in [2.45, 2.75) is 19.5 Å². The number of halogens is 1. The first kappa shape index (κ1) is 11.8. The first-order chi connectivity index (χ1) is 8.16. The molecule has 2 heterocycles. The molecular weight excluding hydrogens is 288 g/mol. The lowest BCUT2D eigenvalue weighted by molar-refractivity contribution is 0.0685. The van der Waals surface area contributed by atoms with E-state index in [4.69, 9.17) is 5.11 Å². The van der Waals surface area contributed by atoms with Crippen LogP contribution in [0.1, 0.15) is 16.9 Å². The van der Waals surface area contributed by atoms with Crippen LogP contribution in [0.5, 0.6) is 0 Å². The zero-order chi connectivity index (χ0) is 12.3. The molecule has 0 aliphatic carbocycles. The number of hydrogen-bond donors (Lipinski definition) is 1. The van der Waals surface area contributed by atoms with E-state index in [9.17, 15) is 4.79 Å². The first-order valence-electron chi connectivity index (χ1n) is 5.10. The van der Waals surface area contributed by atoms with Crippen molar-refractivity contribution < 1.29 is 9.90 Å². The van der Waals surface area contributed by atoms with Crippen LogP contribution in [0.25, 0.3) is 0 Å². The molecule has 0 spiro atoms. The maximum Gasteiger partial charge on any atom is 0.352 e. The largest absolute Gasteiger partial charge is 0.477 e. The van der Waals surface area contributed by atoms with Crippen molar-refractivity contribution in [1.82, 2.24) is 19.6 Å². The minimum absolute atomic E-state index is 0.287. The van der Waals surface area contributed by atoms with Crippen molar-refractivity contribution in [2.75, 3.05) is 0 Å². The van der Waals surface area contributed by atoms with E-state index in [1.54, 1.807) is 33.9 Å². The van der Waals surface area contributed by atoms with Crippen LogP contribution in [0.4, 0.5) is 0 Å². The lowest BCUT2D eigenvalue weighted by atomic mass is 10.4. The van der Waals surface area contributed by atoms with Crippen molar-refractivity contribution in [3.05, 3.63) is 34.8 Å². The average Bonchev–Trinajstić information content (AvgIpc) is 2.88. The van der Waals surface area contributed by atoms with Gasteiger partial charge in [-0.25, -0.2) is 4.79 Å². The van der Waals surface area contributed by atoms with Crippen LogP contribution in [-0.2, 0) is 13.1 Å². The Balaban J connectivity index is 1.96. The number of carboxylic acids is 1. The summed E-state index contributed by atoms with van der Waals surface area (Å²) in [5.74, 6) is -0.920. The summed E-state index contributed by atoms with van der Waals surface area (Å²) in [5, 5.41) is 16.5. The van der Waals surface area contributed by atoms with Crippen molar-refractivity contribution in [3.63, 3.8) is 0 Å². The summed E-state index contributed by atoms with van der Waals surface area (Å²) in [6, 6.07) is 1.60. The van der Waals surface area contributed by atoms with Gasteiger partial charge in [0.1, 0.15) is 5.69 Å². The van der Waals surface area contributed by atoms with E-state index in [-0.39, 0.29) is 5.69 Å². The van der Waals surface area contributed by atoms with E-state index in [1.807, 2.05) is 0 Å². The van der Waals surface area contributed by atoms with Crippen molar-refractivity contribution in [2.24, 2.45) is 0 Å². The summed E-state index contributed by atoms with van der Waals surface area (Å²) in [7, 11) is 0. The molecule has 0 saturated carbocycles. The fourth-order valence-corrected chi connectivity index (χ4v) is 2.06. The third-order valence-electron chi connectivity index (χ3n) is 2.34. The van der Waals surface area contributed by atoms with Gasteiger partial charge in [-0.3, -0.25) is 4.68 Å². The Bertz CT molecular complexity index is 506. The van der Waals surface area contributed by atoms with Crippen LogP contribution < -0.4 is 0 Å². The minimum atomic E-state index is -0.920. The Hall–Kier alpha value is -1.63. The van der Waals surface area contributed by atoms with Crippen molar-refractivity contribution >= 4 is 21.9 Å². The van der Waals surface area contributed by atoms with Gasteiger partial charge in [-0.05, 0) is 28.4 Å². The van der Waals surface area contributed by atoms with Crippen LogP contribution in [0, 0.1) is 0 Å². The van der Waals surface area contributed by atoms with E-state index < -0.39 is 5.97 Å². The van der Waals surface area contributed by atoms with Gasteiger partial charge in [0.25, 0.3) is 0 Å². The summed E-state index contributed by atoms with van der Waals surface area (Å²) in [4.78, 5) is 11.0. The number of carbonyl (C=O) groups is 1. The number of nitrogens with zero attached hydrogens (tertiary/aromatic N) is 4. The molecule has 0 aliphatic rings. The molecule has 0 bridgehead atoms. The smallest absolute Gasteiger partial charge is 0.352 e. The molecule has 0 unspecified atom stereocenters. The van der Waals surface area contributed by atoms with E-state index in [0.29, 0.717) is 6.54 Å². The highest BCUT2D eigenvalue weighted by molar-refractivity contribution is 9.10. The predicted molar refractivity (Wildman–Crippen MR) is 63.7 cm³/mol. The lowest BCUT2D eigenvalue weighted by Gasteiger charge is -2.05. The normalized spacial score (nSPS) is 10.6. The van der Waals surface area contributed by atoms with Gasteiger partial charge in [0.15, 0.2) is 0 Å². The van der Waals surface area contributed by atoms with Crippen LogP contribution in [0.15, 0.2) is 29.1 Å². The van der Waals surface area contributed by atoms with Gasteiger partial charge in [0.2, 0.25) is 0 Å². The number of carboxylic acid groups (broad SMARTS) is 1. The van der Waals surface area contributed by atoms with Gasteiger partial charge in [0, 0.05) is 30.0 Å². The highest BCUT2D eigenvalue weighted by Gasteiger charge is 2.10. The summed E-state index contributed by atoms with van der Waals surface area (Å²) in [6.45, 7) is 1.35. The standard InChI is InChI=1S/C10H11BrN4O2/c11-8-6-9(10(16)17)14(7-8)3-1-4-15-5-2-12-13-15/h2,5-7H,1,3-4H2,(H,16,17). The van der Waals surface area contributed by atoms with Crippen LogP contribution in [-0.4, -0.2) is 30.6 Å². The van der Waals surface area contributed by atoms with Gasteiger partial charge >= 0.3 is 5.97 Å². The second-order valence-electron chi connectivity index (χ2n) is 3.56. The molecule has 2 aromatic rings. The van der Waals surface area contributed by atoms with Crippen LogP contribution >= 0.6 is 15.9 Å². The van der Waals surface area contributed by atoms with E-state index in [0.717, 1.165) is 17.4 Å². The second-order valence-corrected chi connectivity index (χ2v) is 4.48. The van der Waals surface area contributed by atoms with Crippen LogP contribution in [0.2, 0.25) is 0 Å². The van der Waals surface area contributed by atoms with Gasteiger partial charge in [0.05, 0.1) is 6.20 Å². The number of rotatable bonds is 5. The predicted octanol–water partition coefficient (Wildman–Crippen LogP) is 1.63. The molecule has 1 N–H and O–H groups in total. The van der Waals surface area contributed by atoms with Crippen LogP contribution in [0.3, 0.4) is 0 Å². The molecule has 0 amide bonds. The molecule has 0 aliphatic heterocycles. The summed E-state index contributed by atoms with van der Waals surface area (Å²) >= 11 is 3.27. The van der Waals surface area contributed by atoms with Crippen molar-refractivity contribution in [3.8, 4) is 0 Å². The zero-order valence-electron chi connectivity index (χ0n) is 8.95. The summed E-state index contributed by atoms with van der Waals surface area (Å²) in [6.07, 6.45) is 5.97. The van der Waals surface area contributed by atoms with Gasteiger partial charge in [-0.1, -0.05) is 5.21 Å². The SMILES string of the molecule is O=C(O)c1cc(Br)cn1CCCn1ccnn1. The number of aryl methyl sites for hydroxylation is 2. The Labute approximate surface area is 106 Å².